The third kappa shape index (κ3) is 3.03. The lowest BCUT2D eigenvalue weighted by Crippen LogP contribution is -2.35. The Morgan fingerprint density at radius 2 is 2.29 bits per heavy atom. The molecule has 0 fully saturated rings. The van der Waals surface area contributed by atoms with E-state index in [0.29, 0.717) is 29.6 Å². The standard InChI is InChI=1S/C14H17N3O4/c1-3-10(13(18)19)16-6-8-4-5-15-12-11(8)9(7-17-12)14(20)21-2/h4-5,7,10,16H,3,6H2,1-2H3,(H,15,17)(H,18,19)/t10-/m1/s1. The van der Waals surface area contributed by atoms with E-state index in [1.54, 1.807) is 25.4 Å². The molecule has 0 spiro atoms. The predicted molar refractivity (Wildman–Crippen MR) is 76.0 cm³/mol. The maximum Gasteiger partial charge on any atom is 0.340 e. The Morgan fingerprint density at radius 1 is 1.52 bits per heavy atom. The number of methoxy groups -OCH3 is 1. The minimum absolute atomic E-state index is 0.325. The number of fused-ring (bicyclic) bond motifs is 1. The van der Waals surface area contributed by atoms with Gasteiger partial charge in [0.1, 0.15) is 11.7 Å². The number of rotatable bonds is 6. The molecule has 2 aromatic heterocycles. The van der Waals surface area contributed by atoms with Gasteiger partial charge in [-0.1, -0.05) is 6.92 Å². The number of hydrogen-bond acceptors (Lipinski definition) is 5. The van der Waals surface area contributed by atoms with Crippen LogP contribution in [-0.4, -0.2) is 40.2 Å². The van der Waals surface area contributed by atoms with Crippen molar-refractivity contribution in [3.63, 3.8) is 0 Å². The SMILES string of the molecule is CC[C@@H](NCc1ccnc2[nH]cc(C(=O)OC)c12)C(=O)O. The molecule has 1 atom stereocenters. The molecule has 0 saturated carbocycles. The Kier molecular flexibility index (Phi) is 4.54. The van der Waals surface area contributed by atoms with Gasteiger partial charge in [-0.2, -0.15) is 0 Å². The molecule has 7 heteroatoms. The fourth-order valence-corrected chi connectivity index (χ4v) is 2.18. The van der Waals surface area contributed by atoms with Crippen LogP contribution in [0.25, 0.3) is 11.0 Å². The first-order valence-electron chi connectivity index (χ1n) is 6.58. The second-order valence-corrected chi connectivity index (χ2v) is 4.57. The van der Waals surface area contributed by atoms with Crippen molar-refractivity contribution in [3.05, 3.63) is 29.6 Å². The molecule has 0 aliphatic rings. The predicted octanol–water partition coefficient (Wildman–Crippen LogP) is 1.30. The number of H-pyrrole nitrogens is 1. The highest BCUT2D eigenvalue weighted by atomic mass is 16.5. The van der Waals surface area contributed by atoms with Gasteiger partial charge >= 0.3 is 11.9 Å². The van der Waals surface area contributed by atoms with Crippen molar-refractivity contribution in [1.29, 1.82) is 0 Å². The second kappa shape index (κ2) is 6.36. The van der Waals surface area contributed by atoms with E-state index in [9.17, 15) is 9.59 Å². The number of hydrogen-bond donors (Lipinski definition) is 3. The molecule has 0 aromatic carbocycles. The van der Waals surface area contributed by atoms with Crippen molar-refractivity contribution in [1.82, 2.24) is 15.3 Å². The average Bonchev–Trinajstić information content (AvgIpc) is 2.91. The Labute approximate surface area is 121 Å². The minimum atomic E-state index is -0.898. The summed E-state index contributed by atoms with van der Waals surface area (Å²) in [6.07, 6.45) is 3.63. The van der Waals surface area contributed by atoms with Gasteiger partial charge in [-0.3, -0.25) is 4.79 Å². The smallest absolute Gasteiger partial charge is 0.340 e. The van der Waals surface area contributed by atoms with E-state index in [4.69, 9.17) is 9.84 Å². The number of ether oxygens (including phenoxy) is 1. The van der Waals surface area contributed by atoms with Crippen LogP contribution in [0.5, 0.6) is 0 Å². The van der Waals surface area contributed by atoms with Gasteiger partial charge in [0.05, 0.1) is 12.7 Å². The Hall–Kier alpha value is -2.41. The zero-order valence-electron chi connectivity index (χ0n) is 11.8. The van der Waals surface area contributed by atoms with Crippen molar-refractivity contribution in [2.75, 3.05) is 7.11 Å². The summed E-state index contributed by atoms with van der Waals surface area (Å²) in [5.41, 5.74) is 1.75. The summed E-state index contributed by atoms with van der Waals surface area (Å²) in [6, 6.07) is 1.12. The molecule has 0 aliphatic carbocycles. The summed E-state index contributed by atoms with van der Waals surface area (Å²) >= 11 is 0. The molecule has 2 heterocycles. The lowest BCUT2D eigenvalue weighted by Gasteiger charge is -2.13. The molecule has 21 heavy (non-hydrogen) atoms. The fourth-order valence-electron chi connectivity index (χ4n) is 2.18. The number of carboxylic acid groups (broad SMARTS) is 1. The van der Waals surface area contributed by atoms with Crippen LogP contribution in [0, 0.1) is 0 Å². The van der Waals surface area contributed by atoms with Crippen LogP contribution >= 0.6 is 0 Å². The van der Waals surface area contributed by atoms with Gasteiger partial charge < -0.3 is 20.1 Å². The monoisotopic (exact) mass is 291 g/mol. The van der Waals surface area contributed by atoms with Gasteiger partial charge in [0.15, 0.2) is 0 Å². The average molecular weight is 291 g/mol. The summed E-state index contributed by atoms with van der Waals surface area (Å²) in [5.74, 6) is -1.36. The number of aromatic amines is 1. The lowest BCUT2D eigenvalue weighted by atomic mass is 10.1. The largest absolute Gasteiger partial charge is 0.480 e. The molecular formula is C14H17N3O4. The van der Waals surface area contributed by atoms with Crippen molar-refractivity contribution in [3.8, 4) is 0 Å². The Morgan fingerprint density at radius 3 is 2.90 bits per heavy atom. The van der Waals surface area contributed by atoms with Gasteiger partial charge in [0, 0.05) is 24.3 Å². The highest BCUT2D eigenvalue weighted by Gasteiger charge is 2.18. The number of pyridine rings is 1. The van der Waals surface area contributed by atoms with Crippen molar-refractivity contribution < 1.29 is 19.4 Å². The summed E-state index contributed by atoms with van der Waals surface area (Å²) in [5, 5.41) is 12.7. The third-order valence-corrected chi connectivity index (χ3v) is 3.31. The highest BCUT2D eigenvalue weighted by molar-refractivity contribution is 6.04. The Balaban J connectivity index is 2.33. The molecule has 0 aliphatic heterocycles. The minimum Gasteiger partial charge on any atom is -0.480 e. The van der Waals surface area contributed by atoms with Crippen molar-refractivity contribution in [2.24, 2.45) is 0 Å². The quantitative estimate of drug-likeness (QED) is 0.693. The number of carboxylic acids is 1. The van der Waals surface area contributed by atoms with E-state index < -0.39 is 18.0 Å². The highest BCUT2D eigenvalue weighted by Crippen LogP contribution is 2.21. The van der Waals surface area contributed by atoms with Crippen LogP contribution < -0.4 is 5.32 Å². The maximum atomic E-state index is 11.8. The molecule has 0 amide bonds. The van der Waals surface area contributed by atoms with E-state index >= 15 is 0 Å². The Bertz CT molecular complexity index is 665. The third-order valence-electron chi connectivity index (χ3n) is 3.31. The van der Waals surface area contributed by atoms with Gasteiger partial charge in [-0.05, 0) is 18.1 Å². The number of carbonyl (C=O) groups is 2. The maximum absolute atomic E-state index is 11.8. The van der Waals surface area contributed by atoms with E-state index in [2.05, 4.69) is 15.3 Å². The zero-order valence-corrected chi connectivity index (χ0v) is 11.8. The first-order chi connectivity index (χ1) is 10.1. The van der Waals surface area contributed by atoms with E-state index in [1.165, 1.54) is 7.11 Å². The zero-order chi connectivity index (χ0) is 15.4. The fraction of sp³-hybridized carbons (Fsp3) is 0.357. The van der Waals surface area contributed by atoms with Crippen LogP contribution in [0.3, 0.4) is 0 Å². The van der Waals surface area contributed by atoms with Crippen molar-refractivity contribution >= 4 is 23.0 Å². The van der Waals surface area contributed by atoms with E-state index in [-0.39, 0.29) is 0 Å². The van der Waals surface area contributed by atoms with Gasteiger partial charge in [-0.15, -0.1) is 0 Å². The number of nitrogens with zero attached hydrogens (tertiary/aromatic N) is 1. The van der Waals surface area contributed by atoms with Gasteiger partial charge in [-0.25, -0.2) is 9.78 Å². The van der Waals surface area contributed by atoms with Crippen LogP contribution in [0.15, 0.2) is 18.5 Å². The van der Waals surface area contributed by atoms with Crippen LogP contribution in [-0.2, 0) is 16.1 Å². The summed E-state index contributed by atoms with van der Waals surface area (Å²) in [4.78, 5) is 29.9. The van der Waals surface area contributed by atoms with Gasteiger partial charge in [0.2, 0.25) is 0 Å². The molecule has 7 nitrogen and oxygen atoms in total. The van der Waals surface area contributed by atoms with E-state index in [1.807, 2.05) is 0 Å². The number of carbonyl (C=O) groups excluding carboxylic acids is 1. The van der Waals surface area contributed by atoms with Crippen molar-refractivity contribution in [2.45, 2.75) is 25.9 Å². The molecule has 112 valence electrons. The van der Waals surface area contributed by atoms with E-state index in [0.717, 1.165) is 5.56 Å². The molecule has 0 radical (unpaired) electrons. The van der Waals surface area contributed by atoms with Gasteiger partial charge in [0.25, 0.3) is 0 Å². The topological polar surface area (TPSA) is 104 Å². The molecule has 0 saturated heterocycles. The van der Waals surface area contributed by atoms with Crippen LogP contribution in [0.1, 0.15) is 29.3 Å². The number of aromatic nitrogens is 2. The first-order valence-corrected chi connectivity index (χ1v) is 6.58. The summed E-state index contributed by atoms with van der Waals surface area (Å²) in [6.45, 7) is 2.12. The molecule has 2 aromatic rings. The molecule has 0 bridgehead atoms. The molecule has 0 unspecified atom stereocenters. The molecule has 3 N–H and O–H groups in total. The number of esters is 1. The summed E-state index contributed by atoms with van der Waals surface area (Å²) < 4.78 is 4.74. The number of aliphatic carboxylic acids is 1. The van der Waals surface area contributed by atoms with Crippen LogP contribution in [0.2, 0.25) is 0 Å². The second-order valence-electron chi connectivity index (χ2n) is 4.57. The lowest BCUT2D eigenvalue weighted by molar-refractivity contribution is -0.139. The number of nitrogens with one attached hydrogen (secondary N) is 2. The summed E-state index contributed by atoms with van der Waals surface area (Å²) in [7, 11) is 1.31. The first kappa shape index (κ1) is 15.0. The van der Waals surface area contributed by atoms with Crippen LogP contribution in [0.4, 0.5) is 0 Å². The normalized spacial score (nSPS) is 12.3. The molecule has 2 rings (SSSR count). The molecular weight excluding hydrogens is 274 g/mol.